The Bertz CT molecular complexity index is 454. The molecule has 0 aromatic heterocycles. The van der Waals surface area contributed by atoms with Gasteiger partial charge in [-0.3, -0.25) is 4.79 Å². The second-order valence-electron chi connectivity index (χ2n) is 5.25. The molecule has 0 spiro atoms. The first-order valence-electron chi connectivity index (χ1n) is 7.45. The molecule has 0 atom stereocenters. The first kappa shape index (κ1) is 15.2. The molecule has 1 aromatic carbocycles. The first-order chi connectivity index (χ1) is 9.73. The number of thioether (sulfide) groups is 1. The normalized spacial score (nSPS) is 15.5. The number of fused-ring (bicyclic) bond motifs is 1. The smallest absolute Gasteiger partial charge is 0.211 e. The van der Waals surface area contributed by atoms with Crippen LogP contribution in [0.2, 0.25) is 0 Å². The first-order valence-corrected chi connectivity index (χ1v) is 8.27. The average Bonchev–Trinajstić information content (AvgIpc) is 2.81. The number of anilines is 1. The lowest BCUT2D eigenvalue weighted by Gasteiger charge is -2.27. The summed E-state index contributed by atoms with van der Waals surface area (Å²) in [4.78, 5) is 11.6. The zero-order valence-electron chi connectivity index (χ0n) is 12.3. The van der Waals surface area contributed by atoms with Crippen LogP contribution < -0.4 is 10.1 Å². The van der Waals surface area contributed by atoms with E-state index in [2.05, 4.69) is 19.2 Å². The van der Waals surface area contributed by atoms with Crippen LogP contribution in [0.3, 0.4) is 0 Å². The van der Waals surface area contributed by atoms with Crippen LogP contribution >= 0.6 is 11.8 Å². The summed E-state index contributed by atoms with van der Waals surface area (Å²) in [6.45, 7) is 4.43. The lowest BCUT2D eigenvalue weighted by molar-refractivity contribution is -0.105. The van der Waals surface area contributed by atoms with Gasteiger partial charge in [0.15, 0.2) is 4.93 Å². The summed E-state index contributed by atoms with van der Waals surface area (Å²) in [5.74, 6) is 0.957. The molecule has 0 saturated heterocycles. The maximum absolute atomic E-state index is 10.5. The van der Waals surface area contributed by atoms with Gasteiger partial charge >= 0.3 is 0 Å². The predicted octanol–water partition coefficient (Wildman–Crippen LogP) is 4.82. The van der Waals surface area contributed by atoms with Crippen LogP contribution in [0.15, 0.2) is 23.1 Å². The van der Waals surface area contributed by atoms with Gasteiger partial charge in [-0.1, -0.05) is 38.5 Å². The summed E-state index contributed by atoms with van der Waals surface area (Å²) in [5, 5.41) is 2.70. The molecule has 0 fully saturated rings. The summed E-state index contributed by atoms with van der Waals surface area (Å²) < 4.78 is 6.28. The number of hydrogen-bond donors (Lipinski definition) is 1. The zero-order chi connectivity index (χ0) is 14.4. The van der Waals surface area contributed by atoms with E-state index in [1.807, 2.05) is 30.0 Å². The largest absolute Gasteiger partial charge is 0.475 e. The number of hydrogen-bond acceptors (Lipinski definition) is 3. The molecule has 1 heterocycles. The molecular formula is C16H23NO2S. The molecule has 0 unspecified atom stereocenters. The van der Waals surface area contributed by atoms with E-state index < -0.39 is 0 Å². The van der Waals surface area contributed by atoms with Crippen molar-refractivity contribution in [3.05, 3.63) is 18.2 Å². The van der Waals surface area contributed by atoms with Gasteiger partial charge in [-0.2, -0.15) is 0 Å². The van der Waals surface area contributed by atoms with E-state index in [9.17, 15) is 4.79 Å². The van der Waals surface area contributed by atoms with Crippen molar-refractivity contribution >= 4 is 23.9 Å². The molecule has 2 rings (SSSR count). The summed E-state index contributed by atoms with van der Waals surface area (Å²) in [6, 6.07) is 5.87. The van der Waals surface area contributed by atoms with Crippen molar-refractivity contribution in [1.82, 2.24) is 0 Å². The minimum atomic E-state index is -0.103. The number of rotatable bonds is 8. The molecule has 3 nitrogen and oxygen atoms in total. The van der Waals surface area contributed by atoms with Gasteiger partial charge in [0.25, 0.3) is 0 Å². The fourth-order valence-corrected chi connectivity index (χ4v) is 3.89. The zero-order valence-corrected chi connectivity index (χ0v) is 13.1. The summed E-state index contributed by atoms with van der Waals surface area (Å²) in [5.41, 5.74) is 0.830. The van der Waals surface area contributed by atoms with Crippen LogP contribution in [0.1, 0.15) is 52.4 Å². The molecule has 0 radical (unpaired) electrons. The van der Waals surface area contributed by atoms with Crippen molar-refractivity contribution in [2.24, 2.45) is 0 Å². The second kappa shape index (κ2) is 7.02. The molecule has 0 aliphatic carbocycles. The maximum Gasteiger partial charge on any atom is 0.211 e. The summed E-state index contributed by atoms with van der Waals surface area (Å²) in [7, 11) is 0. The summed E-state index contributed by atoms with van der Waals surface area (Å²) >= 11 is 1.83. The van der Waals surface area contributed by atoms with Gasteiger partial charge in [-0.25, -0.2) is 0 Å². The average molecular weight is 293 g/mol. The Morgan fingerprint density at radius 3 is 2.55 bits per heavy atom. The van der Waals surface area contributed by atoms with E-state index in [1.54, 1.807) is 0 Å². The molecule has 0 bridgehead atoms. The number of ether oxygens (including phenoxy) is 1. The Morgan fingerprint density at radius 1 is 1.25 bits per heavy atom. The van der Waals surface area contributed by atoms with Gasteiger partial charge in [0, 0.05) is 5.69 Å². The van der Waals surface area contributed by atoms with Crippen molar-refractivity contribution in [3.8, 4) is 5.75 Å². The fourth-order valence-electron chi connectivity index (χ4n) is 2.47. The monoisotopic (exact) mass is 293 g/mol. The Morgan fingerprint density at radius 2 is 1.95 bits per heavy atom. The van der Waals surface area contributed by atoms with Crippen molar-refractivity contribution in [2.45, 2.75) is 62.2 Å². The minimum absolute atomic E-state index is 0.103. The van der Waals surface area contributed by atoms with Gasteiger partial charge in [-0.05, 0) is 43.9 Å². The molecule has 1 N–H and O–H groups in total. The van der Waals surface area contributed by atoms with Crippen LogP contribution in [0.4, 0.5) is 5.69 Å². The van der Waals surface area contributed by atoms with Crippen molar-refractivity contribution < 1.29 is 9.53 Å². The number of benzene rings is 1. The van der Waals surface area contributed by atoms with Crippen LogP contribution in [-0.2, 0) is 4.79 Å². The molecule has 1 amide bonds. The van der Waals surface area contributed by atoms with E-state index >= 15 is 0 Å². The number of carbonyl (C=O) groups excluding carboxylic acids is 1. The molecule has 1 aliphatic heterocycles. The third-order valence-electron chi connectivity index (χ3n) is 3.58. The van der Waals surface area contributed by atoms with E-state index in [-0.39, 0.29) is 4.93 Å². The molecule has 20 heavy (non-hydrogen) atoms. The van der Waals surface area contributed by atoms with E-state index in [0.717, 1.165) is 29.2 Å². The lowest BCUT2D eigenvalue weighted by Crippen LogP contribution is -2.28. The maximum atomic E-state index is 10.5. The molecule has 4 heteroatoms. The van der Waals surface area contributed by atoms with E-state index in [1.165, 1.54) is 25.7 Å². The fraction of sp³-hybridized carbons (Fsp3) is 0.562. The van der Waals surface area contributed by atoms with Crippen LogP contribution in [0.5, 0.6) is 5.75 Å². The SMILES string of the molecule is CCCCC1(CCCC)Oc2ccc(NC=O)cc2S1. The number of amides is 1. The van der Waals surface area contributed by atoms with E-state index in [4.69, 9.17) is 4.74 Å². The topological polar surface area (TPSA) is 38.3 Å². The van der Waals surface area contributed by atoms with Crippen molar-refractivity contribution in [3.63, 3.8) is 0 Å². The van der Waals surface area contributed by atoms with Crippen molar-refractivity contribution in [2.75, 3.05) is 5.32 Å². The Kier molecular flexibility index (Phi) is 5.35. The Hall–Kier alpha value is -1.16. The number of unbranched alkanes of at least 4 members (excludes halogenated alkanes) is 2. The highest BCUT2D eigenvalue weighted by Gasteiger charge is 2.39. The van der Waals surface area contributed by atoms with Crippen LogP contribution in [0, 0.1) is 0 Å². The molecular weight excluding hydrogens is 270 g/mol. The van der Waals surface area contributed by atoms with Gasteiger partial charge in [0.05, 0.1) is 4.90 Å². The quantitative estimate of drug-likeness (QED) is 0.699. The molecule has 110 valence electrons. The molecule has 0 saturated carbocycles. The third-order valence-corrected chi connectivity index (χ3v) is 4.99. The molecule has 1 aliphatic rings. The van der Waals surface area contributed by atoms with Gasteiger partial charge in [0.2, 0.25) is 6.41 Å². The second-order valence-corrected chi connectivity index (χ2v) is 6.63. The van der Waals surface area contributed by atoms with Crippen LogP contribution in [-0.4, -0.2) is 11.3 Å². The van der Waals surface area contributed by atoms with Crippen molar-refractivity contribution in [1.29, 1.82) is 0 Å². The number of carbonyl (C=O) groups is 1. The third kappa shape index (κ3) is 3.48. The highest BCUT2D eigenvalue weighted by Crippen LogP contribution is 2.52. The van der Waals surface area contributed by atoms with Crippen LogP contribution in [0.25, 0.3) is 0 Å². The number of nitrogens with one attached hydrogen (secondary N) is 1. The van der Waals surface area contributed by atoms with Gasteiger partial charge in [0.1, 0.15) is 5.75 Å². The highest BCUT2D eigenvalue weighted by atomic mass is 32.2. The Balaban J connectivity index is 2.15. The Labute approximate surface area is 125 Å². The minimum Gasteiger partial charge on any atom is -0.475 e. The highest BCUT2D eigenvalue weighted by molar-refractivity contribution is 8.00. The van der Waals surface area contributed by atoms with E-state index in [0.29, 0.717) is 6.41 Å². The molecule has 1 aromatic rings. The summed E-state index contributed by atoms with van der Waals surface area (Å²) in [6.07, 6.45) is 7.62. The van der Waals surface area contributed by atoms with Gasteiger partial charge in [-0.15, -0.1) is 0 Å². The predicted molar refractivity (Wildman–Crippen MR) is 84.4 cm³/mol. The van der Waals surface area contributed by atoms with Gasteiger partial charge < -0.3 is 10.1 Å². The standard InChI is InChI=1S/C16H23NO2S/c1-3-5-9-16(10-6-4-2)19-14-8-7-13(17-12-18)11-15(14)20-16/h7-8,11-12H,3-6,9-10H2,1-2H3,(H,17,18). The lowest BCUT2D eigenvalue weighted by atomic mass is 10.1.